The second-order valence-corrected chi connectivity index (χ2v) is 8.12. The molecule has 184 valence electrons. The predicted octanol–water partition coefficient (Wildman–Crippen LogP) is 3.29. The van der Waals surface area contributed by atoms with Gasteiger partial charge in [-0.1, -0.05) is 6.07 Å². The third-order valence-electron chi connectivity index (χ3n) is 5.71. The Morgan fingerprint density at radius 3 is 2.80 bits per heavy atom. The molecule has 0 spiro atoms. The summed E-state index contributed by atoms with van der Waals surface area (Å²) in [6.45, 7) is 2.58. The SMILES string of the molecule is Cc1nnc(-c2ccc(-c3ccc(N4C[C@H](COC(=O)C5CCCN5)OC4=O)cc3F)cn2)o1.Cl. The van der Waals surface area contributed by atoms with Gasteiger partial charge in [-0.2, -0.15) is 0 Å². The predicted molar refractivity (Wildman–Crippen MR) is 125 cm³/mol. The molecule has 2 aromatic heterocycles. The van der Waals surface area contributed by atoms with Crippen molar-refractivity contribution in [2.45, 2.75) is 31.9 Å². The first-order valence-corrected chi connectivity index (χ1v) is 10.9. The molecule has 1 N–H and O–H groups in total. The molecule has 0 bridgehead atoms. The fourth-order valence-electron chi connectivity index (χ4n) is 3.97. The number of hydrogen-bond donors (Lipinski definition) is 1. The number of rotatable bonds is 6. The normalized spacial score (nSPS) is 19.4. The zero-order valence-electron chi connectivity index (χ0n) is 18.8. The molecule has 2 atom stereocenters. The average molecular weight is 504 g/mol. The topological polar surface area (TPSA) is 120 Å². The van der Waals surface area contributed by atoms with E-state index in [1.54, 1.807) is 31.2 Å². The Kier molecular flexibility index (Phi) is 7.27. The highest BCUT2D eigenvalue weighted by Crippen LogP contribution is 2.30. The monoisotopic (exact) mass is 503 g/mol. The summed E-state index contributed by atoms with van der Waals surface area (Å²) >= 11 is 0. The number of halogens is 2. The number of carbonyl (C=O) groups excluding carboxylic acids is 2. The van der Waals surface area contributed by atoms with Gasteiger partial charge in [0.05, 0.1) is 12.2 Å². The molecular formula is C23H23ClFN5O5. The van der Waals surface area contributed by atoms with Crippen molar-refractivity contribution in [2.75, 3.05) is 24.6 Å². The molecule has 1 unspecified atom stereocenters. The number of aromatic nitrogens is 3. The number of esters is 1. The average Bonchev–Trinajstić information content (AvgIpc) is 3.59. The van der Waals surface area contributed by atoms with Crippen molar-refractivity contribution in [2.24, 2.45) is 0 Å². The first-order valence-electron chi connectivity index (χ1n) is 10.9. The fraction of sp³-hybridized carbons (Fsp3) is 0.348. The first-order chi connectivity index (χ1) is 16.5. The van der Waals surface area contributed by atoms with Crippen LogP contribution in [0.3, 0.4) is 0 Å². The molecule has 2 aliphatic rings. The quantitative estimate of drug-likeness (QED) is 0.505. The molecule has 1 amide bonds. The smallest absolute Gasteiger partial charge is 0.414 e. The van der Waals surface area contributed by atoms with Gasteiger partial charge in [-0.05, 0) is 43.7 Å². The third-order valence-corrected chi connectivity index (χ3v) is 5.71. The van der Waals surface area contributed by atoms with Crippen LogP contribution in [0.15, 0.2) is 40.9 Å². The Bertz CT molecular complexity index is 1220. The van der Waals surface area contributed by atoms with E-state index in [0.29, 0.717) is 28.4 Å². The van der Waals surface area contributed by atoms with E-state index in [0.717, 1.165) is 19.4 Å². The first kappa shape index (κ1) is 24.6. The molecule has 2 fully saturated rings. The molecule has 3 aromatic rings. The van der Waals surface area contributed by atoms with Crippen LogP contribution in [0.4, 0.5) is 14.9 Å². The van der Waals surface area contributed by atoms with Crippen molar-refractivity contribution >= 4 is 30.2 Å². The summed E-state index contributed by atoms with van der Waals surface area (Å²) < 4.78 is 30.9. The van der Waals surface area contributed by atoms with Crippen LogP contribution in [-0.2, 0) is 14.3 Å². The number of nitrogens with one attached hydrogen (secondary N) is 1. The Morgan fingerprint density at radius 1 is 1.29 bits per heavy atom. The summed E-state index contributed by atoms with van der Waals surface area (Å²) in [5.41, 5.74) is 1.71. The summed E-state index contributed by atoms with van der Waals surface area (Å²) in [6.07, 6.45) is 1.93. The number of aryl methyl sites for hydroxylation is 1. The maximum atomic E-state index is 14.9. The van der Waals surface area contributed by atoms with Crippen LogP contribution in [0.5, 0.6) is 0 Å². The van der Waals surface area contributed by atoms with E-state index in [1.807, 2.05) is 0 Å². The molecule has 1 aromatic carbocycles. The summed E-state index contributed by atoms with van der Waals surface area (Å²) in [6, 6.07) is 7.53. The molecule has 2 aliphatic heterocycles. The van der Waals surface area contributed by atoms with Crippen molar-refractivity contribution in [1.82, 2.24) is 20.5 Å². The van der Waals surface area contributed by atoms with Crippen LogP contribution in [0, 0.1) is 12.7 Å². The van der Waals surface area contributed by atoms with Gasteiger partial charge < -0.3 is 19.2 Å². The lowest BCUT2D eigenvalue weighted by Gasteiger charge is -2.15. The minimum Gasteiger partial charge on any atom is -0.461 e. The molecule has 5 rings (SSSR count). The highest BCUT2D eigenvalue weighted by molar-refractivity contribution is 5.90. The molecule has 0 radical (unpaired) electrons. The molecule has 0 saturated carbocycles. The number of benzene rings is 1. The van der Waals surface area contributed by atoms with Crippen molar-refractivity contribution in [3.63, 3.8) is 0 Å². The lowest BCUT2D eigenvalue weighted by atomic mass is 10.1. The van der Waals surface area contributed by atoms with Crippen molar-refractivity contribution in [3.8, 4) is 22.7 Å². The van der Waals surface area contributed by atoms with E-state index >= 15 is 0 Å². The Morgan fingerprint density at radius 2 is 2.14 bits per heavy atom. The number of hydrogen-bond acceptors (Lipinski definition) is 9. The largest absolute Gasteiger partial charge is 0.461 e. The van der Waals surface area contributed by atoms with Gasteiger partial charge in [-0.25, -0.2) is 9.18 Å². The van der Waals surface area contributed by atoms with Gasteiger partial charge in [-0.15, -0.1) is 22.6 Å². The van der Waals surface area contributed by atoms with Crippen LogP contribution in [0.2, 0.25) is 0 Å². The van der Waals surface area contributed by atoms with E-state index in [1.165, 1.54) is 17.2 Å². The highest BCUT2D eigenvalue weighted by Gasteiger charge is 2.34. The van der Waals surface area contributed by atoms with Crippen LogP contribution in [-0.4, -0.2) is 59.1 Å². The van der Waals surface area contributed by atoms with Gasteiger partial charge in [0.25, 0.3) is 5.89 Å². The Hall–Kier alpha value is -3.57. The highest BCUT2D eigenvalue weighted by atomic mass is 35.5. The van der Waals surface area contributed by atoms with E-state index in [2.05, 4.69) is 20.5 Å². The molecule has 10 nitrogen and oxygen atoms in total. The van der Waals surface area contributed by atoms with Gasteiger partial charge in [0.15, 0.2) is 6.10 Å². The lowest BCUT2D eigenvalue weighted by molar-refractivity contribution is -0.148. The number of anilines is 1. The summed E-state index contributed by atoms with van der Waals surface area (Å²) in [7, 11) is 0. The van der Waals surface area contributed by atoms with E-state index < -0.39 is 18.0 Å². The number of carbonyl (C=O) groups is 2. The summed E-state index contributed by atoms with van der Waals surface area (Å²) in [5, 5.41) is 10.7. The number of ether oxygens (including phenoxy) is 2. The molecular weight excluding hydrogens is 481 g/mol. The zero-order valence-corrected chi connectivity index (χ0v) is 19.6. The summed E-state index contributed by atoms with van der Waals surface area (Å²) in [5.74, 6) is -0.159. The van der Waals surface area contributed by atoms with E-state index in [9.17, 15) is 14.0 Å². The van der Waals surface area contributed by atoms with Gasteiger partial charge in [-0.3, -0.25) is 14.7 Å². The van der Waals surface area contributed by atoms with Crippen LogP contribution in [0.25, 0.3) is 22.7 Å². The number of pyridine rings is 1. The zero-order chi connectivity index (χ0) is 23.7. The second kappa shape index (κ2) is 10.4. The number of nitrogens with zero attached hydrogens (tertiary/aromatic N) is 4. The second-order valence-electron chi connectivity index (χ2n) is 8.12. The fourth-order valence-corrected chi connectivity index (χ4v) is 3.97. The standard InChI is InChI=1S/C23H22FN5O5.ClH/c1-13-27-28-21(33-13)19-7-4-14(10-26-19)17-6-5-15(9-18(17)24)29-11-16(34-23(29)31)12-32-22(30)20-3-2-8-25-20;/h4-7,9-10,16,20,25H,2-3,8,11-12H2,1H3;1H/t16-,20?;/m1./s1. The van der Waals surface area contributed by atoms with Gasteiger partial charge in [0.1, 0.15) is 24.2 Å². The summed E-state index contributed by atoms with van der Waals surface area (Å²) in [4.78, 5) is 30.0. The molecule has 12 heteroatoms. The van der Waals surface area contributed by atoms with Crippen molar-refractivity contribution < 1.29 is 27.9 Å². The molecule has 2 saturated heterocycles. The van der Waals surface area contributed by atoms with Crippen LogP contribution >= 0.6 is 12.4 Å². The van der Waals surface area contributed by atoms with E-state index in [-0.39, 0.29) is 43.5 Å². The van der Waals surface area contributed by atoms with Gasteiger partial charge in [0, 0.05) is 24.2 Å². The Balaban J connectivity index is 0.00000289. The van der Waals surface area contributed by atoms with Gasteiger partial charge >= 0.3 is 12.1 Å². The van der Waals surface area contributed by atoms with Gasteiger partial charge in [0.2, 0.25) is 5.89 Å². The Labute approximate surface area is 206 Å². The maximum Gasteiger partial charge on any atom is 0.414 e. The maximum absolute atomic E-state index is 14.9. The minimum atomic E-state index is -0.620. The molecule has 35 heavy (non-hydrogen) atoms. The molecule has 4 heterocycles. The van der Waals surface area contributed by atoms with Crippen molar-refractivity contribution in [1.29, 1.82) is 0 Å². The lowest BCUT2D eigenvalue weighted by Crippen LogP contribution is -2.35. The van der Waals surface area contributed by atoms with Crippen LogP contribution < -0.4 is 10.2 Å². The van der Waals surface area contributed by atoms with Crippen molar-refractivity contribution in [3.05, 3.63) is 48.2 Å². The number of amides is 1. The van der Waals surface area contributed by atoms with Crippen LogP contribution in [0.1, 0.15) is 18.7 Å². The number of cyclic esters (lactones) is 1. The molecule has 0 aliphatic carbocycles. The minimum absolute atomic E-state index is 0. The van der Waals surface area contributed by atoms with E-state index in [4.69, 9.17) is 13.9 Å². The third kappa shape index (κ3) is 5.25.